The molecule has 0 aromatic rings. The highest BCUT2D eigenvalue weighted by atomic mass is 14.7. The molecule has 64 valence electrons. The number of hydrogen-bond donors (Lipinski definition) is 0. The maximum absolute atomic E-state index is 4.22. The maximum Gasteiger partial charge on any atom is 0.0389 e. The zero-order valence-electron chi connectivity index (χ0n) is 7.71. The van der Waals surface area contributed by atoms with Crippen LogP contribution in [0.4, 0.5) is 0 Å². The first-order valence-electron chi connectivity index (χ1n) is 4.56. The Hall–Kier alpha value is -0.590. The van der Waals surface area contributed by atoms with E-state index in [0.29, 0.717) is 0 Å². The van der Waals surface area contributed by atoms with Crippen LogP contribution in [0.15, 0.2) is 17.1 Å². The Morgan fingerprint density at radius 2 is 2.00 bits per heavy atom. The molecule has 0 aromatic carbocycles. The van der Waals surface area contributed by atoms with E-state index in [1.54, 1.807) is 0 Å². The minimum absolute atomic E-state index is 0.979. The fraction of sp³-hybridized carbons (Fsp3) is 0.700. The lowest BCUT2D eigenvalue weighted by Gasteiger charge is -1.86. The third kappa shape index (κ3) is 9.41. The normalized spacial score (nSPS) is 11.8. The Bertz CT molecular complexity index is 114. The van der Waals surface area contributed by atoms with Crippen molar-refractivity contribution in [3.05, 3.63) is 12.2 Å². The number of rotatable bonds is 6. The molecule has 0 fully saturated rings. The van der Waals surface area contributed by atoms with Gasteiger partial charge in [-0.05, 0) is 18.9 Å². The monoisotopic (exact) mass is 153 g/mol. The van der Waals surface area contributed by atoms with Crippen LogP contribution in [-0.2, 0) is 0 Å². The van der Waals surface area contributed by atoms with E-state index in [1.807, 2.05) is 12.3 Å². The predicted octanol–water partition coefficient (Wildman–Crippen LogP) is 3.21. The minimum atomic E-state index is 0.979. The van der Waals surface area contributed by atoms with E-state index in [0.717, 1.165) is 6.54 Å². The summed E-state index contributed by atoms with van der Waals surface area (Å²) in [6.07, 6.45) is 10.9. The standard InChI is InChI=1S/C10H19N/c1-3-5-7-8-10-11-9-6-4-2/h7-8,10H,3-6,9H2,1-2H3/b8-7+,11-10?. The fourth-order valence-corrected chi connectivity index (χ4v) is 0.709. The number of aliphatic imine (C=N–C) groups is 1. The van der Waals surface area contributed by atoms with Gasteiger partial charge in [0.2, 0.25) is 0 Å². The molecule has 0 aliphatic heterocycles. The van der Waals surface area contributed by atoms with E-state index >= 15 is 0 Å². The quantitative estimate of drug-likeness (QED) is 0.410. The largest absolute Gasteiger partial charge is 0.293 e. The van der Waals surface area contributed by atoms with Crippen molar-refractivity contribution in [1.82, 2.24) is 0 Å². The third-order valence-corrected chi connectivity index (χ3v) is 1.42. The number of allylic oxidation sites excluding steroid dienone is 2. The summed E-state index contributed by atoms with van der Waals surface area (Å²) in [6, 6.07) is 0. The Balaban J connectivity index is 3.14. The van der Waals surface area contributed by atoms with Crippen molar-refractivity contribution in [2.24, 2.45) is 4.99 Å². The summed E-state index contributed by atoms with van der Waals surface area (Å²) in [4.78, 5) is 4.22. The molecule has 0 bridgehead atoms. The second-order valence-electron chi connectivity index (χ2n) is 2.63. The molecule has 0 aliphatic carbocycles. The SMILES string of the molecule is CCC/C=C/C=NCCCC. The number of hydrogen-bond acceptors (Lipinski definition) is 1. The first-order chi connectivity index (χ1) is 5.41. The van der Waals surface area contributed by atoms with Crippen molar-refractivity contribution in [3.8, 4) is 0 Å². The zero-order chi connectivity index (χ0) is 8.36. The van der Waals surface area contributed by atoms with Crippen molar-refractivity contribution in [2.45, 2.75) is 39.5 Å². The van der Waals surface area contributed by atoms with Crippen molar-refractivity contribution in [2.75, 3.05) is 6.54 Å². The molecule has 0 atom stereocenters. The Kier molecular flexibility index (Phi) is 8.91. The zero-order valence-corrected chi connectivity index (χ0v) is 7.71. The molecule has 0 N–H and O–H groups in total. The molecule has 0 saturated heterocycles. The molecule has 0 saturated carbocycles. The molecule has 1 nitrogen and oxygen atoms in total. The molecular formula is C10H19N. The summed E-state index contributed by atoms with van der Waals surface area (Å²) in [7, 11) is 0. The number of nitrogens with zero attached hydrogens (tertiary/aromatic N) is 1. The minimum Gasteiger partial charge on any atom is -0.293 e. The van der Waals surface area contributed by atoms with Crippen LogP contribution in [0, 0.1) is 0 Å². The lowest BCUT2D eigenvalue weighted by molar-refractivity contribution is 0.810. The van der Waals surface area contributed by atoms with Crippen LogP contribution >= 0.6 is 0 Å². The molecule has 0 heterocycles. The topological polar surface area (TPSA) is 12.4 Å². The summed E-state index contributed by atoms with van der Waals surface area (Å²) < 4.78 is 0. The van der Waals surface area contributed by atoms with Gasteiger partial charge in [0.1, 0.15) is 0 Å². The molecular weight excluding hydrogens is 134 g/mol. The van der Waals surface area contributed by atoms with Crippen LogP contribution in [0.25, 0.3) is 0 Å². The highest BCUT2D eigenvalue weighted by molar-refractivity contribution is 5.70. The Morgan fingerprint density at radius 1 is 1.18 bits per heavy atom. The summed E-state index contributed by atoms with van der Waals surface area (Å²) >= 11 is 0. The van der Waals surface area contributed by atoms with E-state index in [-0.39, 0.29) is 0 Å². The second kappa shape index (κ2) is 9.41. The fourth-order valence-electron chi connectivity index (χ4n) is 0.709. The Labute approximate surface area is 70.2 Å². The van der Waals surface area contributed by atoms with Crippen LogP contribution in [0.1, 0.15) is 39.5 Å². The van der Waals surface area contributed by atoms with Crippen molar-refractivity contribution in [1.29, 1.82) is 0 Å². The molecule has 0 spiro atoms. The second-order valence-corrected chi connectivity index (χ2v) is 2.63. The van der Waals surface area contributed by atoms with Crippen LogP contribution in [0.3, 0.4) is 0 Å². The molecule has 0 rings (SSSR count). The van der Waals surface area contributed by atoms with Gasteiger partial charge in [0.25, 0.3) is 0 Å². The first-order valence-corrected chi connectivity index (χ1v) is 4.56. The molecule has 1 heteroatoms. The average Bonchev–Trinajstić information content (AvgIpc) is 2.03. The average molecular weight is 153 g/mol. The molecule has 0 unspecified atom stereocenters. The lowest BCUT2D eigenvalue weighted by atomic mass is 10.3. The highest BCUT2D eigenvalue weighted by Gasteiger charge is 1.75. The number of unbranched alkanes of at least 4 members (excludes halogenated alkanes) is 2. The molecule has 0 aliphatic rings. The van der Waals surface area contributed by atoms with Gasteiger partial charge in [-0.3, -0.25) is 4.99 Å². The molecule has 0 radical (unpaired) electrons. The highest BCUT2D eigenvalue weighted by Crippen LogP contribution is 1.88. The predicted molar refractivity (Wildman–Crippen MR) is 52.3 cm³/mol. The van der Waals surface area contributed by atoms with Crippen LogP contribution in [-0.4, -0.2) is 12.8 Å². The maximum atomic E-state index is 4.22. The van der Waals surface area contributed by atoms with Gasteiger partial charge in [0.05, 0.1) is 0 Å². The first kappa shape index (κ1) is 10.4. The third-order valence-electron chi connectivity index (χ3n) is 1.42. The van der Waals surface area contributed by atoms with Gasteiger partial charge < -0.3 is 0 Å². The van der Waals surface area contributed by atoms with E-state index < -0.39 is 0 Å². The van der Waals surface area contributed by atoms with Gasteiger partial charge in [0, 0.05) is 12.8 Å². The van der Waals surface area contributed by atoms with E-state index in [2.05, 4.69) is 24.9 Å². The van der Waals surface area contributed by atoms with E-state index in [1.165, 1.54) is 25.7 Å². The van der Waals surface area contributed by atoms with Crippen molar-refractivity contribution in [3.63, 3.8) is 0 Å². The van der Waals surface area contributed by atoms with Gasteiger partial charge in [-0.25, -0.2) is 0 Å². The van der Waals surface area contributed by atoms with Gasteiger partial charge >= 0.3 is 0 Å². The van der Waals surface area contributed by atoms with Gasteiger partial charge in [0.15, 0.2) is 0 Å². The molecule has 0 aromatic heterocycles. The van der Waals surface area contributed by atoms with E-state index in [4.69, 9.17) is 0 Å². The van der Waals surface area contributed by atoms with Crippen LogP contribution in [0.5, 0.6) is 0 Å². The summed E-state index contributed by atoms with van der Waals surface area (Å²) in [5, 5.41) is 0. The summed E-state index contributed by atoms with van der Waals surface area (Å²) in [6.45, 7) is 5.34. The molecule has 0 amide bonds. The van der Waals surface area contributed by atoms with Gasteiger partial charge in [-0.2, -0.15) is 0 Å². The smallest absolute Gasteiger partial charge is 0.0389 e. The molecule has 11 heavy (non-hydrogen) atoms. The Morgan fingerprint density at radius 3 is 2.64 bits per heavy atom. The van der Waals surface area contributed by atoms with Gasteiger partial charge in [-0.15, -0.1) is 0 Å². The van der Waals surface area contributed by atoms with Crippen LogP contribution < -0.4 is 0 Å². The van der Waals surface area contributed by atoms with Crippen molar-refractivity contribution >= 4 is 6.21 Å². The van der Waals surface area contributed by atoms with Crippen LogP contribution in [0.2, 0.25) is 0 Å². The summed E-state index contributed by atoms with van der Waals surface area (Å²) in [5.41, 5.74) is 0. The summed E-state index contributed by atoms with van der Waals surface area (Å²) in [5.74, 6) is 0. The van der Waals surface area contributed by atoms with E-state index in [9.17, 15) is 0 Å². The van der Waals surface area contributed by atoms with Crippen molar-refractivity contribution < 1.29 is 0 Å². The van der Waals surface area contributed by atoms with Gasteiger partial charge in [-0.1, -0.05) is 32.8 Å². The lowest BCUT2D eigenvalue weighted by Crippen LogP contribution is -1.77.